The van der Waals surface area contributed by atoms with E-state index in [4.69, 9.17) is 16.2 Å². The summed E-state index contributed by atoms with van der Waals surface area (Å²) in [5.41, 5.74) is 2.53. The Morgan fingerprint density at radius 1 is 1.03 bits per heavy atom. The number of nitrogens with one attached hydrogen (secondary N) is 1. The molecular formula is C24H16ClFN4O4S. The maximum Gasteiger partial charge on any atom is 0.294 e. The Bertz CT molecular complexity index is 1580. The molecule has 0 radical (unpaired) electrons. The van der Waals surface area contributed by atoms with E-state index in [-0.39, 0.29) is 28.9 Å². The number of carbonyl (C=O) groups excluding carboxylic acids is 1. The molecule has 2 N–H and O–H groups in total. The number of para-hydroxylation sites is 1. The standard InChI is InChI=1S/C24H16ClFN4O4S/c25-15-5-10-18-21(12-15)30(20-4-2-1-3-19(20)26)22(31)11-14-13-27-24(29-23(14)18)28-16-6-8-17(9-7-16)35(32,33)34/h1-10,12-13H,11H2,(H,27,28,29)(H,32,33,34). The largest absolute Gasteiger partial charge is 0.324 e. The van der Waals surface area contributed by atoms with Crippen LogP contribution >= 0.6 is 11.6 Å². The Morgan fingerprint density at radius 3 is 2.49 bits per heavy atom. The van der Waals surface area contributed by atoms with Gasteiger partial charge in [-0.05, 0) is 54.6 Å². The first kappa shape index (κ1) is 22.9. The number of benzene rings is 3. The Morgan fingerprint density at radius 2 is 1.77 bits per heavy atom. The van der Waals surface area contributed by atoms with Crippen LogP contribution in [0.4, 0.5) is 27.4 Å². The van der Waals surface area contributed by atoms with Crippen molar-refractivity contribution in [3.8, 4) is 11.3 Å². The zero-order chi connectivity index (χ0) is 24.7. The summed E-state index contributed by atoms with van der Waals surface area (Å²) < 4.78 is 46.4. The van der Waals surface area contributed by atoms with Crippen LogP contribution in [-0.2, 0) is 21.3 Å². The molecule has 176 valence electrons. The highest BCUT2D eigenvalue weighted by molar-refractivity contribution is 7.85. The molecule has 1 aromatic heterocycles. The van der Waals surface area contributed by atoms with Crippen molar-refractivity contribution in [1.82, 2.24) is 9.97 Å². The maximum absolute atomic E-state index is 14.7. The number of halogens is 2. The Hall–Kier alpha value is -3.86. The molecule has 1 aliphatic heterocycles. The lowest BCUT2D eigenvalue weighted by molar-refractivity contribution is -0.117. The van der Waals surface area contributed by atoms with Gasteiger partial charge >= 0.3 is 0 Å². The van der Waals surface area contributed by atoms with Gasteiger partial charge in [-0.1, -0.05) is 23.7 Å². The molecule has 3 aromatic carbocycles. The summed E-state index contributed by atoms with van der Waals surface area (Å²) in [6.45, 7) is 0. The van der Waals surface area contributed by atoms with Gasteiger partial charge in [0.15, 0.2) is 0 Å². The summed E-state index contributed by atoms with van der Waals surface area (Å²) in [5, 5.41) is 3.34. The van der Waals surface area contributed by atoms with E-state index in [9.17, 15) is 17.6 Å². The smallest absolute Gasteiger partial charge is 0.294 e. The zero-order valence-corrected chi connectivity index (χ0v) is 19.4. The summed E-state index contributed by atoms with van der Waals surface area (Å²) >= 11 is 6.24. The molecule has 8 nitrogen and oxygen atoms in total. The van der Waals surface area contributed by atoms with E-state index in [0.29, 0.717) is 33.2 Å². The SMILES string of the molecule is O=C1Cc2cnc(Nc3ccc(S(=O)(=O)O)cc3)nc2-c2ccc(Cl)cc2N1c1ccccc1F. The van der Waals surface area contributed by atoms with Crippen LogP contribution in [0, 0.1) is 5.82 Å². The minimum absolute atomic E-state index is 0.0701. The van der Waals surface area contributed by atoms with Gasteiger partial charge in [0, 0.05) is 28.0 Å². The van der Waals surface area contributed by atoms with Gasteiger partial charge in [0.05, 0.1) is 28.4 Å². The molecular weight excluding hydrogens is 495 g/mol. The molecule has 35 heavy (non-hydrogen) atoms. The lowest BCUT2D eigenvalue weighted by atomic mass is 10.0. The fourth-order valence-corrected chi connectivity index (χ4v) is 4.48. The van der Waals surface area contributed by atoms with E-state index >= 15 is 0 Å². The molecule has 0 aliphatic carbocycles. The van der Waals surface area contributed by atoms with Gasteiger partial charge in [0.1, 0.15) is 5.82 Å². The van der Waals surface area contributed by atoms with E-state index in [1.165, 1.54) is 47.5 Å². The van der Waals surface area contributed by atoms with Gasteiger partial charge in [0.2, 0.25) is 11.9 Å². The van der Waals surface area contributed by atoms with Gasteiger partial charge in [-0.3, -0.25) is 14.2 Å². The van der Waals surface area contributed by atoms with Crippen molar-refractivity contribution in [1.29, 1.82) is 0 Å². The molecule has 2 heterocycles. The minimum Gasteiger partial charge on any atom is -0.324 e. The van der Waals surface area contributed by atoms with Crippen molar-refractivity contribution in [3.05, 3.63) is 89.3 Å². The molecule has 1 aliphatic rings. The van der Waals surface area contributed by atoms with Crippen LogP contribution < -0.4 is 10.2 Å². The molecule has 4 aromatic rings. The number of hydrogen-bond acceptors (Lipinski definition) is 6. The molecule has 11 heteroatoms. The highest BCUT2D eigenvalue weighted by atomic mass is 35.5. The predicted octanol–water partition coefficient (Wildman–Crippen LogP) is 5.15. The summed E-state index contributed by atoms with van der Waals surface area (Å²) in [7, 11) is -4.32. The van der Waals surface area contributed by atoms with E-state index in [1.54, 1.807) is 30.3 Å². The summed E-state index contributed by atoms with van der Waals surface area (Å²) in [6, 6.07) is 16.3. The molecule has 0 saturated heterocycles. The van der Waals surface area contributed by atoms with Crippen LogP contribution in [0.1, 0.15) is 5.56 Å². The fraction of sp³-hybridized carbons (Fsp3) is 0.0417. The highest BCUT2D eigenvalue weighted by Gasteiger charge is 2.30. The number of nitrogens with zero attached hydrogens (tertiary/aromatic N) is 3. The Balaban J connectivity index is 1.59. The summed E-state index contributed by atoms with van der Waals surface area (Å²) in [4.78, 5) is 23.2. The normalized spacial score (nSPS) is 13.1. The maximum atomic E-state index is 14.7. The average molecular weight is 511 g/mol. The summed E-state index contributed by atoms with van der Waals surface area (Å²) in [5.74, 6) is -0.738. The highest BCUT2D eigenvalue weighted by Crippen LogP contribution is 2.41. The predicted molar refractivity (Wildman–Crippen MR) is 129 cm³/mol. The number of anilines is 4. The van der Waals surface area contributed by atoms with Gasteiger partial charge in [-0.25, -0.2) is 14.4 Å². The first-order chi connectivity index (χ1) is 16.7. The molecule has 0 saturated carbocycles. The van der Waals surface area contributed by atoms with Crippen LogP contribution in [0.2, 0.25) is 5.02 Å². The molecule has 0 bridgehead atoms. The third kappa shape index (κ3) is 4.46. The second kappa shape index (κ2) is 8.73. The summed E-state index contributed by atoms with van der Waals surface area (Å²) in [6.07, 6.45) is 1.44. The number of rotatable bonds is 4. The molecule has 0 fully saturated rings. The number of hydrogen-bond donors (Lipinski definition) is 2. The van der Waals surface area contributed by atoms with Gasteiger partial charge in [0.25, 0.3) is 10.1 Å². The lowest BCUT2D eigenvalue weighted by Crippen LogP contribution is -2.27. The Labute approximate surface area is 204 Å². The van der Waals surface area contributed by atoms with Crippen LogP contribution in [0.3, 0.4) is 0 Å². The van der Waals surface area contributed by atoms with Crippen LogP contribution in [0.25, 0.3) is 11.3 Å². The number of amides is 1. The van der Waals surface area contributed by atoms with Crippen molar-refractivity contribution >= 4 is 50.6 Å². The second-order valence-corrected chi connectivity index (χ2v) is 9.57. The van der Waals surface area contributed by atoms with E-state index in [2.05, 4.69) is 15.3 Å². The fourth-order valence-electron chi connectivity index (χ4n) is 3.83. The van der Waals surface area contributed by atoms with Crippen molar-refractivity contribution in [2.24, 2.45) is 0 Å². The van der Waals surface area contributed by atoms with E-state index < -0.39 is 15.9 Å². The van der Waals surface area contributed by atoms with Gasteiger partial charge in [-0.15, -0.1) is 0 Å². The second-order valence-electron chi connectivity index (χ2n) is 7.71. The van der Waals surface area contributed by atoms with Crippen molar-refractivity contribution in [2.45, 2.75) is 11.3 Å². The first-order valence-corrected chi connectivity index (χ1v) is 12.1. The van der Waals surface area contributed by atoms with Crippen molar-refractivity contribution in [2.75, 3.05) is 10.2 Å². The van der Waals surface area contributed by atoms with Gasteiger partial charge < -0.3 is 5.32 Å². The van der Waals surface area contributed by atoms with Crippen LogP contribution in [-0.4, -0.2) is 28.8 Å². The monoisotopic (exact) mass is 510 g/mol. The van der Waals surface area contributed by atoms with E-state index in [1.807, 2.05) is 0 Å². The number of aromatic nitrogens is 2. The van der Waals surface area contributed by atoms with Crippen LogP contribution in [0.15, 0.2) is 77.8 Å². The quantitative estimate of drug-likeness (QED) is 0.365. The van der Waals surface area contributed by atoms with Crippen molar-refractivity contribution < 1.29 is 22.2 Å². The minimum atomic E-state index is -4.32. The number of fused-ring (bicyclic) bond motifs is 3. The molecule has 0 spiro atoms. The molecule has 5 rings (SSSR count). The third-order valence-corrected chi connectivity index (χ3v) is 6.52. The lowest BCUT2D eigenvalue weighted by Gasteiger charge is -2.23. The van der Waals surface area contributed by atoms with Crippen molar-refractivity contribution in [3.63, 3.8) is 0 Å². The van der Waals surface area contributed by atoms with Crippen LogP contribution in [0.5, 0.6) is 0 Å². The molecule has 1 amide bonds. The number of carbonyl (C=O) groups is 1. The first-order valence-electron chi connectivity index (χ1n) is 10.3. The third-order valence-electron chi connectivity index (χ3n) is 5.41. The zero-order valence-electron chi connectivity index (χ0n) is 17.8. The molecule has 0 atom stereocenters. The topological polar surface area (TPSA) is 112 Å². The van der Waals surface area contributed by atoms with Gasteiger partial charge in [-0.2, -0.15) is 8.42 Å². The molecule has 0 unspecified atom stereocenters. The Kier molecular flexibility index (Phi) is 5.72. The average Bonchev–Trinajstić information content (AvgIpc) is 2.92. The van der Waals surface area contributed by atoms with E-state index in [0.717, 1.165) is 0 Å².